The number of para-hydroxylation sites is 2. The zero-order valence-corrected chi connectivity index (χ0v) is 20.1. The van der Waals surface area contributed by atoms with Gasteiger partial charge < -0.3 is 14.7 Å². The first-order chi connectivity index (χ1) is 17.5. The third-order valence-corrected chi connectivity index (χ3v) is 6.64. The third-order valence-electron chi connectivity index (χ3n) is 6.64. The van der Waals surface area contributed by atoms with Crippen molar-refractivity contribution < 1.29 is 19.4 Å². The summed E-state index contributed by atoms with van der Waals surface area (Å²) in [5, 5.41) is 11.6. The van der Waals surface area contributed by atoms with Crippen molar-refractivity contribution in [1.29, 1.82) is 0 Å². The van der Waals surface area contributed by atoms with Gasteiger partial charge in [0.2, 0.25) is 0 Å². The van der Waals surface area contributed by atoms with Crippen molar-refractivity contribution in [3.8, 4) is 16.9 Å². The first-order valence-corrected chi connectivity index (χ1v) is 12.0. The first-order valence-electron chi connectivity index (χ1n) is 12.0. The van der Waals surface area contributed by atoms with Crippen LogP contribution in [0.15, 0.2) is 103 Å². The van der Waals surface area contributed by atoms with Gasteiger partial charge in [0.25, 0.3) is 5.91 Å². The Hall–Kier alpha value is -4.22. The average Bonchev–Trinajstić information content (AvgIpc) is 3.12. The lowest BCUT2D eigenvalue weighted by atomic mass is 9.88. The zero-order chi connectivity index (χ0) is 25.1. The SMILES string of the molecule is Cc1ccccc1OCCN1C(=O)C(O)(CC(=O)c2ccc(-c3ccccc3)cc2)c2ccccc21. The maximum Gasteiger partial charge on any atom is 0.264 e. The van der Waals surface area contributed by atoms with Crippen LogP contribution in [0.4, 0.5) is 5.69 Å². The van der Waals surface area contributed by atoms with Crippen LogP contribution in [-0.2, 0) is 10.4 Å². The van der Waals surface area contributed by atoms with Crippen molar-refractivity contribution in [3.63, 3.8) is 0 Å². The minimum Gasteiger partial charge on any atom is -0.491 e. The second-order valence-corrected chi connectivity index (χ2v) is 8.99. The van der Waals surface area contributed by atoms with Gasteiger partial charge in [0.05, 0.1) is 18.7 Å². The monoisotopic (exact) mass is 477 g/mol. The van der Waals surface area contributed by atoms with E-state index in [0.29, 0.717) is 16.8 Å². The number of carbonyl (C=O) groups excluding carboxylic acids is 2. The lowest BCUT2D eigenvalue weighted by Crippen LogP contribution is -2.43. The summed E-state index contributed by atoms with van der Waals surface area (Å²) in [6.45, 7) is 2.48. The molecule has 0 aliphatic carbocycles. The minimum absolute atomic E-state index is 0.256. The Kier molecular flexibility index (Phi) is 6.40. The molecule has 0 saturated heterocycles. The van der Waals surface area contributed by atoms with Crippen molar-refractivity contribution >= 4 is 17.4 Å². The maximum atomic E-state index is 13.5. The van der Waals surface area contributed by atoms with E-state index in [-0.39, 0.29) is 25.4 Å². The van der Waals surface area contributed by atoms with Crippen LogP contribution in [0, 0.1) is 6.92 Å². The number of amides is 1. The second-order valence-electron chi connectivity index (χ2n) is 8.99. The number of ether oxygens (including phenoxy) is 1. The Bertz CT molecular complexity index is 1400. The number of Topliss-reactive ketones (excluding diaryl/α,β-unsaturated/α-hetero) is 1. The van der Waals surface area contributed by atoms with E-state index in [0.717, 1.165) is 22.4 Å². The quantitative estimate of drug-likeness (QED) is 0.338. The molecule has 1 aliphatic rings. The fraction of sp³-hybridized carbons (Fsp3) is 0.161. The number of aliphatic hydroxyl groups is 1. The van der Waals surface area contributed by atoms with E-state index in [2.05, 4.69) is 0 Å². The van der Waals surface area contributed by atoms with Crippen molar-refractivity contribution in [3.05, 3.63) is 120 Å². The molecule has 180 valence electrons. The van der Waals surface area contributed by atoms with Crippen molar-refractivity contribution in [2.75, 3.05) is 18.1 Å². The normalized spacial score (nSPS) is 16.6. The summed E-state index contributed by atoms with van der Waals surface area (Å²) in [6.07, 6.45) is -0.331. The van der Waals surface area contributed by atoms with Gasteiger partial charge in [-0.3, -0.25) is 9.59 Å². The molecule has 5 heteroatoms. The van der Waals surface area contributed by atoms with E-state index < -0.39 is 11.5 Å². The fourth-order valence-electron chi connectivity index (χ4n) is 4.68. The van der Waals surface area contributed by atoms with E-state index in [1.165, 1.54) is 4.90 Å². The van der Waals surface area contributed by atoms with E-state index in [1.54, 1.807) is 30.3 Å². The highest BCUT2D eigenvalue weighted by Gasteiger charge is 2.50. The van der Waals surface area contributed by atoms with Crippen LogP contribution in [-0.4, -0.2) is 29.9 Å². The van der Waals surface area contributed by atoms with Gasteiger partial charge in [0.1, 0.15) is 12.4 Å². The zero-order valence-electron chi connectivity index (χ0n) is 20.1. The van der Waals surface area contributed by atoms with E-state index in [9.17, 15) is 14.7 Å². The van der Waals surface area contributed by atoms with E-state index in [1.807, 2.05) is 79.7 Å². The minimum atomic E-state index is -1.92. The highest BCUT2D eigenvalue weighted by atomic mass is 16.5. The molecular formula is C31H27NO4. The summed E-state index contributed by atoms with van der Waals surface area (Å²) in [5.41, 5.74) is 2.63. The Balaban J connectivity index is 1.33. The predicted octanol–water partition coefficient (Wildman–Crippen LogP) is 5.55. The van der Waals surface area contributed by atoms with Crippen molar-refractivity contribution in [2.24, 2.45) is 0 Å². The lowest BCUT2D eigenvalue weighted by molar-refractivity contribution is -0.135. The van der Waals surface area contributed by atoms with Crippen LogP contribution >= 0.6 is 0 Å². The Morgan fingerprint density at radius 2 is 1.47 bits per heavy atom. The maximum absolute atomic E-state index is 13.5. The van der Waals surface area contributed by atoms with Crippen LogP contribution in [0.5, 0.6) is 5.75 Å². The van der Waals surface area contributed by atoms with Crippen LogP contribution in [0.3, 0.4) is 0 Å². The molecule has 4 aromatic carbocycles. The summed E-state index contributed by atoms with van der Waals surface area (Å²) in [7, 11) is 0. The first kappa shape index (κ1) is 23.5. The highest BCUT2D eigenvalue weighted by Crippen LogP contribution is 2.42. The Morgan fingerprint density at radius 1 is 0.833 bits per heavy atom. The molecule has 0 saturated carbocycles. The van der Waals surface area contributed by atoms with Gasteiger partial charge >= 0.3 is 0 Å². The number of carbonyl (C=O) groups is 2. The molecular weight excluding hydrogens is 450 g/mol. The molecule has 1 aliphatic heterocycles. The molecule has 5 rings (SSSR count). The molecule has 0 fully saturated rings. The predicted molar refractivity (Wildman–Crippen MR) is 140 cm³/mol. The Morgan fingerprint density at radius 3 is 2.22 bits per heavy atom. The molecule has 1 unspecified atom stereocenters. The van der Waals surface area contributed by atoms with Crippen LogP contribution in [0.2, 0.25) is 0 Å². The average molecular weight is 478 g/mol. The highest BCUT2D eigenvalue weighted by molar-refractivity contribution is 6.10. The molecule has 4 aromatic rings. The number of nitrogens with zero attached hydrogens (tertiary/aromatic N) is 1. The summed E-state index contributed by atoms with van der Waals surface area (Å²) in [6, 6.07) is 31.9. The molecule has 1 atom stereocenters. The van der Waals surface area contributed by atoms with E-state index >= 15 is 0 Å². The molecule has 36 heavy (non-hydrogen) atoms. The number of ketones is 1. The molecule has 1 amide bonds. The van der Waals surface area contributed by atoms with Crippen molar-refractivity contribution in [1.82, 2.24) is 0 Å². The summed E-state index contributed by atoms with van der Waals surface area (Å²) < 4.78 is 5.89. The molecule has 0 spiro atoms. The van der Waals surface area contributed by atoms with Gasteiger partial charge in [-0.15, -0.1) is 0 Å². The van der Waals surface area contributed by atoms with Crippen molar-refractivity contribution in [2.45, 2.75) is 18.9 Å². The summed E-state index contributed by atoms with van der Waals surface area (Å²) in [4.78, 5) is 28.2. The van der Waals surface area contributed by atoms with Gasteiger partial charge in [-0.05, 0) is 35.7 Å². The molecule has 5 nitrogen and oxygen atoms in total. The van der Waals surface area contributed by atoms with Crippen LogP contribution < -0.4 is 9.64 Å². The fourth-order valence-corrected chi connectivity index (χ4v) is 4.68. The molecule has 0 radical (unpaired) electrons. The topological polar surface area (TPSA) is 66.8 Å². The molecule has 1 heterocycles. The third kappa shape index (κ3) is 4.41. The molecule has 0 bridgehead atoms. The molecule has 1 N–H and O–H groups in total. The van der Waals surface area contributed by atoms with Gasteiger partial charge in [-0.25, -0.2) is 0 Å². The van der Waals surface area contributed by atoms with Gasteiger partial charge in [-0.1, -0.05) is 91.0 Å². The van der Waals surface area contributed by atoms with Gasteiger partial charge in [0, 0.05) is 11.1 Å². The van der Waals surface area contributed by atoms with Crippen LogP contribution in [0.1, 0.15) is 27.9 Å². The standard InChI is InChI=1S/C31H27NO4/c1-22-9-5-8-14-29(22)36-20-19-32-27-13-7-6-12-26(27)31(35,30(32)34)21-28(33)25-17-15-24(16-18-25)23-10-3-2-4-11-23/h2-18,35H,19-21H2,1H3. The molecule has 0 aromatic heterocycles. The number of fused-ring (bicyclic) bond motifs is 1. The number of anilines is 1. The number of hydrogen-bond acceptors (Lipinski definition) is 4. The second kappa shape index (κ2) is 9.80. The summed E-state index contributed by atoms with van der Waals surface area (Å²) in [5.74, 6) is -0.0496. The van der Waals surface area contributed by atoms with Crippen LogP contribution in [0.25, 0.3) is 11.1 Å². The summed E-state index contributed by atoms with van der Waals surface area (Å²) >= 11 is 0. The largest absolute Gasteiger partial charge is 0.491 e. The number of benzene rings is 4. The number of rotatable bonds is 8. The lowest BCUT2D eigenvalue weighted by Gasteiger charge is -2.23. The van der Waals surface area contributed by atoms with Gasteiger partial charge in [-0.2, -0.15) is 0 Å². The van der Waals surface area contributed by atoms with Gasteiger partial charge in [0.15, 0.2) is 11.4 Å². The number of hydrogen-bond donors (Lipinski definition) is 1. The Labute approximate surface area is 210 Å². The number of aryl methyl sites for hydroxylation is 1. The van der Waals surface area contributed by atoms with E-state index in [4.69, 9.17) is 4.74 Å². The smallest absolute Gasteiger partial charge is 0.264 e.